The van der Waals surface area contributed by atoms with E-state index >= 15 is 0 Å². The number of hydrogen-bond acceptors (Lipinski definition) is 6. The van der Waals surface area contributed by atoms with Gasteiger partial charge in [0.05, 0.1) is 5.08 Å². The van der Waals surface area contributed by atoms with Gasteiger partial charge in [-0.2, -0.15) is 4.13 Å². The van der Waals surface area contributed by atoms with E-state index in [2.05, 4.69) is 4.13 Å². The molecular weight excluding hydrogens is 186 g/mol. The molecule has 0 spiro atoms. The molecule has 0 aromatic heterocycles. The van der Waals surface area contributed by atoms with Crippen molar-refractivity contribution in [3.63, 3.8) is 0 Å². The quantitative estimate of drug-likeness (QED) is 0.461. The molecule has 0 unspecified atom stereocenters. The second-order valence-corrected chi connectivity index (χ2v) is 7.73. The van der Waals surface area contributed by atoms with Gasteiger partial charge < -0.3 is 0 Å². The Morgan fingerprint density at radius 1 is 1.29 bits per heavy atom. The maximum Gasteiger partial charge on any atom is 0.0658 e. The summed E-state index contributed by atoms with van der Waals surface area (Å²) >= 11 is 1.75. The lowest BCUT2D eigenvalue weighted by Crippen LogP contribution is -1.81. The van der Waals surface area contributed by atoms with Crippen LogP contribution in [-0.2, 0) is 0 Å². The normalized spacial score (nSPS) is 24.0. The summed E-state index contributed by atoms with van der Waals surface area (Å²) in [4.78, 5) is 0. The van der Waals surface area contributed by atoms with E-state index in [1.54, 1.807) is 32.8 Å². The third-order valence-electron chi connectivity index (χ3n) is 0.310. The van der Waals surface area contributed by atoms with Gasteiger partial charge in [-0.3, -0.25) is 0 Å². The minimum absolute atomic E-state index is 1.14. The summed E-state index contributed by atoms with van der Waals surface area (Å²) in [6.45, 7) is 0. The molecule has 0 aliphatic carbocycles. The largest absolute Gasteiger partial charge is 0.197 e. The summed E-state index contributed by atoms with van der Waals surface area (Å²) in [5, 5.41) is 1.14. The maximum atomic E-state index is 3.10. The Morgan fingerprint density at radius 3 is 3.29 bits per heavy atom. The third kappa shape index (κ3) is 3.31. The van der Waals surface area contributed by atoms with Crippen molar-refractivity contribution in [3.8, 4) is 0 Å². The minimum atomic E-state index is 1.14. The number of rotatable bonds is 0. The Hall–Kier alpha value is 1.71. The van der Waals surface area contributed by atoms with E-state index in [0.29, 0.717) is 0 Å². The van der Waals surface area contributed by atoms with Crippen LogP contribution in [-0.4, -0.2) is 5.08 Å². The molecule has 6 heteroatoms. The first-order valence-electron chi connectivity index (χ1n) is 1.49. The van der Waals surface area contributed by atoms with Crippen molar-refractivity contribution in [2.24, 2.45) is 0 Å². The van der Waals surface area contributed by atoms with Crippen LogP contribution >= 0.6 is 53.4 Å². The molecule has 42 valence electrons. The van der Waals surface area contributed by atoms with E-state index in [-0.39, 0.29) is 0 Å². The van der Waals surface area contributed by atoms with Crippen molar-refractivity contribution in [2.45, 2.75) is 0 Å². The van der Waals surface area contributed by atoms with Crippen molar-refractivity contribution >= 4 is 53.4 Å². The van der Waals surface area contributed by atoms with Gasteiger partial charge in [0.2, 0.25) is 0 Å². The molecule has 1 fully saturated rings. The van der Waals surface area contributed by atoms with Crippen molar-refractivity contribution in [2.75, 3.05) is 5.08 Å². The van der Waals surface area contributed by atoms with Crippen LogP contribution in [0.3, 0.4) is 0 Å². The zero-order valence-corrected chi connectivity index (χ0v) is 7.33. The van der Waals surface area contributed by atoms with E-state index in [4.69, 9.17) is 0 Å². The van der Waals surface area contributed by atoms with Crippen LogP contribution in [0.4, 0.5) is 0 Å². The minimum Gasteiger partial charge on any atom is -0.197 e. The molecule has 0 radical (unpaired) electrons. The molecule has 0 bridgehead atoms. The van der Waals surface area contributed by atoms with Crippen molar-refractivity contribution in [1.29, 1.82) is 0 Å². The third-order valence-corrected chi connectivity index (χ3v) is 7.75. The summed E-state index contributed by atoms with van der Waals surface area (Å²) < 4.78 is 3.10. The van der Waals surface area contributed by atoms with Crippen LogP contribution < -0.4 is 4.13 Å². The topological polar surface area (TPSA) is 12.0 Å². The van der Waals surface area contributed by atoms with Gasteiger partial charge in [-0.15, -0.1) is 0 Å². The summed E-state index contributed by atoms with van der Waals surface area (Å²) in [5.74, 6) is 0. The molecule has 1 heterocycles. The van der Waals surface area contributed by atoms with Crippen LogP contribution in [0.2, 0.25) is 0 Å². The lowest BCUT2D eigenvalue weighted by Gasteiger charge is -1.87. The Bertz CT molecular complexity index is 27.7. The molecule has 0 amide bonds. The zero-order valence-electron chi connectivity index (χ0n) is 3.25. The molecule has 1 nitrogen and oxygen atoms in total. The van der Waals surface area contributed by atoms with E-state index in [1.807, 2.05) is 20.6 Å². The summed E-state index contributed by atoms with van der Waals surface area (Å²) in [5.41, 5.74) is 0. The molecule has 1 saturated heterocycles. The highest BCUT2D eigenvalue weighted by Crippen LogP contribution is 2.46. The molecule has 0 aromatic rings. The second-order valence-electron chi connectivity index (χ2n) is 0.683. The standard InChI is InChI=1S/CH3NS5/c1-3-2-5-7-6-4-1/h2H,1H2. The summed E-state index contributed by atoms with van der Waals surface area (Å²) in [6.07, 6.45) is 0. The van der Waals surface area contributed by atoms with Gasteiger partial charge in [0.25, 0.3) is 0 Å². The Balaban J connectivity index is 2.04. The average Bonchev–Trinajstić information content (AvgIpc) is 1.90. The van der Waals surface area contributed by atoms with E-state index < -0.39 is 0 Å². The molecule has 7 heavy (non-hydrogen) atoms. The van der Waals surface area contributed by atoms with Crippen molar-refractivity contribution in [3.05, 3.63) is 0 Å². The summed E-state index contributed by atoms with van der Waals surface area (Å²) in [6, 6.07) is 0. The first kappa shape index (κ1) is 6.82. The Morgan fingerprint density at radius 2 is 2.29 bits per heavy atom. The number of hydrogen-bond donors (Lipinski definition) is 1. The van der Waals surface area contributed by atoms with E-state index in [9.17, 15) is 0 Å². The highest BCUT2D eigenvalue weighted by molar-refractivity contribution is 9.26. The molecule has 1 N–H and O–H groups in total. The molecule has 1 aliphatic heterocycles. The molecule has 0 saturated carbocycles. The van der Waals surface area contributed by atoms with Crippen LogP contribution in [0.1, 0.15) is 0 Å². The highest BCUT2D eigenvalue weighted by Gasteiger charge is 1.97. The lowest BCUT2D eigenvalue weighted by molar-refractivity contribution is 1.78. The van der Waals surface area contributed by atoms with Gasteiger partial charge in [0.1, 0.15) is 0 Å². The van der Waals surface area contributed by atoms with Gasteiger partial charge in [-0.05, 0) is 9.83 Å². The van der Waals surface area contributed by atoms with Crippen LogP contribution in [0.15, 0.2) is 0 Å². The fourth-order valence-electron chi connectivity index (χ4n) is 0.139. The van der Waals surface area contributed by atoms with Gasteiger partial charge in [0, 0.05) is 20.8 Å². The summed E-state index contributed by atoms with van der Waals surface area (Å²) in [7, 11) is 7.17. The predicted octanol–water partition coefficient (Wildman–Crippen LogP) is 2.79. The van der Waals surface area contributed by atoms with Gasteiger partial charge in [0.15, 0.2) is 0 Å². The van der Waals surface area contributed by atoms with Gasteiger partial charge in [-0.25, -0.2) is 0 Å². The SMILES string of the molecule is C1SNSSSS1. The average molecular weight is 189 g/mol. The van der Waals surface area contributed by atoms with Crippen molar-refractivity contribution in [1.82, 2.24) is 4.13 Å². The van der Waals surface area contributed by atoms with Gasteiger partial charge in [-0.1, -0.05) is 22.7 Å². The second kappa shape index (κ2) is 4.58. The molecule has 0 atom stereocenters. The van der Waals surface area contributed by atoms with E-state index in [0.717, 1.165) is 5.08 Å². The Labute approximate surface area is 62.4 Å². The van der Waals surface area contributed by atoms with Crippen LogP contribution in [0.25, 0.3) is 0 Å². The molecule has 0 aromatic carbocycles. The monoisotopic (exact) mass is 189 g/mol. The van der Waals surface area contributed by atoms with Gasteiger partial charge >= 0.3 is 0 Å². The lowest BCUT2D eigenvalue weighted by atomic mass is 11.9. The van der Waals surface area contributed by atoms with Crippen LogP contribution in [0, 0.1) is 0 Å². The van der Waals surface area contributed by atoms with Crippen molar-refractivity contribution < 1.29 is 0 Å². The highest BCUT2D eigenvalue weighted by atomic mass is 33.7. The fraction of sp³-hybridized carbons (Fsp3) is 1.00. The molecule has 1 rings (SSSR count). The Kier molecular flexibility index (Phi) is 4.46. The number of nitrogens with one attached hydrogen (secondary N) is 1. The first-order chi connectivity index (χ1) is 3.50. The molecular formula is CH3NS5. The smallest absolute Gasteiger partial charge is 0.0658 e. The first-order valence-corrected chi connectivity index (χ1v) is 7.46. The maximum absolute atomic E-state index is 3.10. The van der Waals surface area contributed by atoms with E-state index in [1.165, 1.54) is 0 Å². The zero-order chi connectivity index (χ0) is 4.95. The fourth-order valence-corrected chi connectivity index (χ4v) is 7.38. The van der Waals surface area contributed by atoms with Crippen LogP contribution in [0.5, 0.6) is 0 Å². The molecule has 1 aliphatic rings. The predicted molar refractivity (Wildman–Crippen MR) is 46.0 cm³/mol.